The summed E-state index contributed by atoms with van der Waals surface area (Å²) in [4.78, 5) is 46.9. The molecule has 2 amide bonds. The van der Waals surface area contributed by atoms with Crippen LogP contribution in [0.5, 0.6) is 5.75 Å². The number of aromatic nitrogens is 2. The second-order valence-corrected chi connectivity index (χ2v) is 11.1. The number of carboxylic acids is 1. The number of benzene rings is 3. The number of aryl methyl sites for hydroxylation is 1. The lowest BCUT2D eigenvalue weighted by atomic mass is 9.86. The Kier molecular flexibility index (Phi) is 6.13. The van der Waals surface area contributed by atoms with Crippen molar-refractivity contribution in [3.63, 3.8) is 0 Å². The summed E-state index contributed by atoms with van der Waals surface area (Å²) in [6, 6.07) is 14.3. The molecule has 9 nitrogen and oxygen atoms in total. The highest BCUT2D eigenvalue weighted by atomic mass is 35.5. The lowest BCUT2D eigenvalue weighted by Gasteiger charge is -2.36. The van der Waals surface area contributed by atoms with Gasteiger partial charge in [0.05, 0.1) is 29.6 Å². The highest BCUT2D eigenvalue weighted by Crippen LogP contribution is 2.55. The molecule has 2 aliphatic rings. The zero-order valence-corrected chi connectivity index (χ0v) is 24.0. The number of ether oxygens (including phenoxy) is 1. The van der Waals surface area contributed by atoms with Crippen molar-refractivity contribution in [1.29, 1.82) is 0 Å². The van der Waals surface area contributed by atoms with E-state index in [4.69, 9.17) is 32.9 Å². The Morgan fingerprint density at radius 3 is 2.44 bits per heavy atom. The number of hydrogen-bond acceptors (Lipinski definition) is 5. The molecule has 2 aliphatic heterocycles. The summed E-state index contributed by atoms with van der Waals surface area (Å²) in [6.07, 6.45) is 0. The number of imidazole rings is 1. The number of methoxy groups -OCH3 is 1. The van der Waals surface area contributed by atoms with Crippen molar-refractivity contribution >= 4 is 52.4 Å². The summed E-state index contributed by atoms with van der Waals surface area (Å²) >= 11 is 12.7. The molecule has 0 aliphatic carbocycles. The van der Waals surface area contributed by atoms with Crippen molar-refractivity contribution < 1.29 is 24.2 Å². The van der Waals surface area contributed by atoms with Crippen LogP contribution in [-0.4, -0.2) is 39.6 Å². The molecular weight excluding hydrogens is 567 g/mol. The Balaban J connectivity index is 1.74. The van der Waals surface area contributed by atoms with Gasteiger partial charge in [-0.3, -0.25) is 14.5 Å². The van der Waals surface area contributed by atoms with Crippen LogP contribution < -0.4 is 15.0 Å². The molecule has 11 heteroatoms. The summed E-state index contributed by atoms with van der Waals surface area (Å²) in [7, 11) is 1.47. The smallest absolute Gasteiger partial charge is 0.335 e. The fourth-order valence-corrected chi connectivity index (χ4v) is 6.18. The van der Waals surface area contributed by atoms with Crippen molar-refractivity contribution in [2.45, 2.75) is 32.4 Å². The predicted octanol–water partition coefficient (Wildman–Crippen LogP) is 6.31. The molecule has 1 aromatic heterocycles. The van der Waals surface area contributed by atoms with Gasteiger partial charge in [0.1, 0.15) is 11.6 Å². The molecule has 0 bridgehead atoms. The SMILES string of the molecule is COc1ccc(C(=O)O)cc1-c1nc2c(n1C(C)C)C1(C(=O)Nc3cc(Cl)ccc31)N(c1cc(Cl)ccc1C)C2=O. The Morgan fingerprint density at radius 2 is 1.76 bits per heavy atom. The van der Waals surface area contributed by atoms with Gasteiger partial charge in [-0.2, -0.15) is 0 Å². The second kappa shape index (κ2) is 9.36. The largest absolute Gasteiger partial charge is 0.496 e. The molecule has 4 aromatic rings. The van der Waals surface area contributed by atoms with Gasteiger partial charge in [0.15, 0.2) is 11.2 Å². The first kappa shape index (κ1) is 26.9. The number of amides is 2. The molecule has 208 valence electrons. The van der Waals surface area contributed by atoms with Crippen LogP contribution in [0.3, 0.4) is 0 Å². The Bertz CT molecular complexity index is 1810. The summed E-state index contributed by atoms with van der Waals surface area (Å²) in [6.45, 7) is 5.64. The minimum absolute atomic E-state index is 0.0232. The van der Waals surface area contributed by atoms with Crippen molar-refractivity contribution in [2.24, 2.45) is 0 Å². The van der Waals surface area contributed by atoms with Gasteiger partial charge in [-0.25, -0.2) is 9.78 Å². The third-order valence-electron chi connectivity index (χ3n) is 7.56. The summed E-state index contributed by atoms with van der Waals surface area (Å²) in [5, 5.41) is 13.5. The normalized spacial score (nSPS) is 17.3. The topological polar surface area (TPSA) is 114 Å². The number of carbonyl (C=O) groups is 3. The van der Waals surface area contributed by atoms with E-state index in [2.05, 4.69) is 5.32 Å². The van der Waals surface area contributed by atoms with E-state index in [-0.39, 0.29) is 17.3 Å². The van der Waals surface area contributed by atoms with Gasteiger partial charge in [0.25, 0.3) is 11.8 Å². The maximum absolute atomic E-state index is 14.5. The molecule has 6 rings (SSSR count). The van der Waals surface area contributed by atoms with Crippen molar-refractivity contribution in [2.75, 3.05) is 17.3 Å². The van der Waals surface area contributed by atoms with Crippen LogP contribution in [0.2, 0.25) is 10.0 Å². The molecule has 1 atom stereocenters. The first-order valence-corrected chi connectivity index (χ1v) is 13.5. The molecule has 0 radical (unpaired) electrons. The number of anilines is 2. The minimum atomic E-state index is -1.66. The van der Waals surface area contributed by atoms with Crippen molar-refractivity contribution in [3.05, 3.63) is 92.7 Å². The van der Waals surface area contributed by atoms with Gasteiger partial charge < -0.3 is 19.7 Å². The number of aromatic carboxylic acids is 1. The monoisotopic (exact) mass is 590 g/mol. The highest BCUT2D eigenvalue weighted by molar-refractivity contribution is 6.32. The van der Waals surface area contributed by atoms with Gasteiger partial charge in [-0.05, 0) is 68.8 Å². The lowest BCUT2D eigenvalue weighted by Crippen LogP contribution is -2.51. The van der Waals surface area contributed by atoms with Gasteiger partial charge in [0.2, 0.25) is 0 Å². The van der Waals surface area contributed by atoms with Gasteiger partial charge in [-0.1, -0.05) is 35.3 Å². The molecule has 2 N–H and O–H groups in total. The van der Waals surface area contributed by atoms with Crippen molar-refractivity contribution in [3.8, 4) is 17.1 Å². The fourth-order valence-electron chi connectivity index (χ4n) is 5.84. The maximum Gasteiger partial charge on any atom is 0.335 e. The average molecular weight is 591 g/mol. The number of halogens is 2. The van der Waals surface area contributed by atoms with Crippen LogP contribution in [-0.2, 0) is 10.3 Å². The number of nitrogens with zero attached hydrogens (tertiary/aromatic N) is 3. The van der Waals surface area contributed by atoms with Crippen LogP contribution >= 0.6 is 23.2 Å². The predicted molar refractivity (Wildman–Crippen MR) is 155 cm³/mol. The van der Waals surface area contributed by atoms with Crippen LogP contribution in [0, 0.1) is 6.92 Å². The molecule has 1 spiro atoms. The molecule has 0 fully saturated rings. The lowest BCUT2D eigenvalue weighted by molar-refractivity contribution is -0.119. The summed E-state index contributed by atoms with van der Waals surface area (Å²) < 4.78 is 7.38. The number of carboxylic acid groups (broad SMARTS) is 1. The van der Waals surface area contributed by atoms with Crippen molar-refractivity contribution in [1.82, 2.24) is 9.55 Å². The van der Waals surface area contributed by atoms with Gasteiger partial charge >= 0.3 is 5.97 Å². The molecule has 3 heterocycles. The fraction of sp³-hybridized carbons (Fsp3) is 0.200. The van der Waals surface area contributed by atoms with E-state index < -0.39 is 23.3 Å². The van der Waals surface area contributed by atoms with E-state index in [0.29, 0.717) is 49.8 Å². The van der Waals surface area contributed by atoms with E-state index in [1.54, 1.807) is 47.0 Å². The summed E-state index contributed by atoms with van der Waals surface area (Å²) in [5.74, 6) is -1.42. The average Bonchev–Trinajstić information content (AvgIpc) is 3.53. The number of rotatable bonds is 5. The molecule has 0 saturated heterocycles. The summed E-state index contributed by atoms with van der Waals surface area (Å²) in [5.41, 5.74) is 1.34. The molecule has 0 saturated carbocycles. The van der Waals surface area contributed by atoms with Crippen LogP contribution in [0.15, 0.2) is 54.6 Å². The Hall–Kier alpha value is -4.34. The first-order valence-electron chi connectivity index (χ1n) is 12.8. The third-order valence-corrected chi connectivity index (χ3v) is 8.03. The van der Waals surface area contributed by atoms with E-state index in [1.165, 1.54) is 24.1 Å². The van der Waals surface area contributed by atoms with Gasteiger partial charge in [-0.15, -0.1) is 0 Å². The molecule has 41 heavy (non-hydrogen) atoms. The third kappa shape index (κ3) is 3.69. The number of carbonyl (C=O) groups excluding carboxylic acids is 2. The van der Waals surface area contributed by atoms with Crippen LogP contribution in [0.1, 0.15) is 57.6 Å². The van der Waals surface area contributed by atoms with E-state index in [9.17, 15) is 19.5 Å². The van der Waals surface area contributed by atoms with Crippen LogP contribution in [0.25, 0.3) is 11.4 Å². The van der Waals surface area contributed by atoms with E-state index in [1.807, 2.05) is 20.8 Å². The first-order chi connectivity index (χ1) is 19.5. The molecule has 1 unspecified atom stereocenters. The van der Waals surface area contributed by atoms with E-state index in [0.717, 1.165) is 5.56 Å². The standard InChI is InChI=1S/C30H24Cl2N4O5/c1-14(2)35-25-24(34-26(35)19-11-16(28(38)39)6-10-23(19)41-4)27(37)36(22-13-18(32)7-5-15(22)3)30(25)20-9-8-17(31)12-21(20)33-29(30)40/h5-14H,1-4H3,(H,33,40)(H,38,39). The Morgan fingerprint density at radius 1 is 1.05 bits per heavy atom. The number of fused-ring (bicyclic) bond motifs is 4. The molecular formula is C30H24Cl2N4O5. The van der Waals surface area contributed by atoms with Gasteiger partial charge in [0, 0.05) is 27.3 Å². The maximum atomic E-state index is 14.5. The number of nitrogens with one attached hydrogen (secondary N) is 1. The Labute approximate surface area is 245 Å². The second-order valence-electron chi connectivity index (χ2n) is 10.2. The van der Waals surface area contributed by atoms with E-state index >= 15 is 0 Å². The highest BCUT2D eigenvalue weighted by Gasteiger charge is 2.64. The quantitative estimate of drug-likeness (QED) is 0.281. The molecule has 3 aromatic carbocycles. The van der Waals surface area contributed by atoms with Crippen LogP contribution in [0.4, 0.5) is 11.4 Å². The zero-order chi connectivity index (χ0) is 29.4. The zero-order valence-electron chi connectivity index (χ0n) is 22.5. The number of hydrogen-bond donors (Lipinski definition) is 2. The minimum Gasteiger partial charge on any atom is -0.496 e.